The second kappa shape index (κ2) is 6.60. The smallest absolute Gasteiger partial charge is 0.125 e. The van der Waals surface area contributed by atoms with Crippen LogP contribution in [0.1, 0.15) is 37.3 Å². The molecule has 1 saturated carbocycles. The highest BCUT2D eigenvalue weighted by atomic mass is 16.5. The molecule has 4 heteroatoms. The van der Waals surface area contributed by atoms with Gasteiger partial charge in [-0.2, -0.15) is 0 Å². The lowest BCUT2D eigenvalue weighted by atomic mass is 9.73. The minimum absolute atomic E-state index is 0.0350. The van der Waals surface area contributed by atoms with Gasteiger partial charge in [0.2, 0.25) is 0 Å². The molecule has 1 heterocycles. The van der Waals surface area contributed by atoms with Gasteiger partial charge in [-0.15, -0.1) is 0 Å². The third-order valence-electron chi connectivity index (χ3n) is 5.55. The van der Waals surface area contributed by atoms with E-state index in [1.54, 1.807) is 0 Å². The van der Waals surface area contributed by atoms with Gasteiger partial charge in [0.15, 0.2) is 0 Å². The average molecular weight is 338 g/mol. The molecule has 1 aliphatic heterocycles. The summed E-state index contributed by atoms with van der Waals surface area (Å²) >= 11 is 0. The molecular formula is C21H26N2O2. The zero-order valence-electron chi connectivity index (χ0n) is 14.7. The number of ether oxygens (including phenoxy) is 1. The fourth-order valence-corrected chi connectivity index (χ4v) is 3.92. The van der Waals surface area contributed by atoms with Gasteiger partial charge in [0.1, 0.15) is 11.4 Å². The summed E-state index contributed by atoms with van der Waals surface area (Å²) in [5.74, 6) is 1.03. The normalized spacial score (nSPS) is 20.3. The van der Waals surface area contributed by atoms with Crippen molar-refractivity contribution in [2.75, 3.05) is 30.4 Å². The van der Waals surface area contributed by atoms with E-state index >= 15 is 0 Å². The van der Waals surface area contributed by atoms with Crippen LogP contribution in [0.5, 0.6) is 5.75 Å². The van der Waals surface area contributed by atoms with Gasteiger partial charge in [-0.25, -0.2) is 0 Å². The molecule has 2 aromatic carbocycles. The molecule has 2 N–H and O–H groups in total. The Bertz CT molecular complexity index is 725. The first kappa shape index (κ1) is 16.3. The molecular weight excluding hydrogens is 312 g/mol. The number of hydrogen-bond donors (Lipinski definition) is 2. The van der Waals surface area contributed by atoms with Crippen LogP contribution in [0.15, 0.2) is 48.5 Å². The van der Waals surface area contributed by atoms with Gasteiger partial charge < -0.3 is 20.1 Å². The molecule has 0 radical (unpaired) electrons. The van der Waals surface area contributed by atoms with Gasteiger partial charge in [0.05, 0.1) is 12.6 Å². The number of aliphatic hydroxyl groups is 1. The molecule has 1 fully saturated rings. The monoisotopic (exact) mass is 338 g/mol. The third-order valence-corrected chi connectivity index (χ3v) is 5.55. The van der Waals surface area contributed by atoms with Crippen LogP contribution in [0.4, 0.5) is 11.4 Å². The summed E-state index contributed by atoms with van der Waals surface area (Å²) in [5.41, 5.74) is 3.52. The van der Waals surface area contributed by atoms with Crippen molar-refractivity contribution in [3.05, 3.63) is 54.1 Å². The summed E-state index contributed by atoms with van der Waals surface area (Å²) in [6, 6.07) is 17.1. The van der Waals surface area contributed by atoms with Gasteiger partial charge >= 0.3 is 0 Å². The maximum atomic E-state index is 9.07. The number of hydrogen-bond acceptors (Lipinski definition) is 4. The Hall–Kier alpha value is -2.20. The molecule has 0 bridgehead atoms. The van der Waals surface area contributed by atoms with E-state index in [0.29, 0.717) is 6.54 Å². The van der Waals surface area contributed by atoms with Crippen LogP contribution in [0.25, 0.3) is 0 Å². The SMILES string of the molecule is CN(CCO)c1ccc(NC2CC3(CCC3)Oc3ccccc32)cc1. The highest BCUT2D eigenvalue weighted by molar-refractivity contribution is 5.56. The number of benzene rings is 2. The van der Waals surface area contributed by atoms with E-state index in [2.05, 4.69) is 58.7 Å². The van der Waals surface area contributed by atoms with Gasteiger partial charge in [0.25, 0.3) is 0 Å². The summed E-state index contributed by atoms with van der Waals surface area (Å²) in [6.45, 7) is 0.806. The van der Waals surface area contributed by atoms with Crippen molar-refractivity contribution >= 4 is 11.4 Å². The van der Waals surface area contributed by atoms with Crippen molar-refractivity contribution < 1.29 is 9.84 Å². The van der Waals surface area contributed by atoms with E-state index in [1.807, 2.05) is 7.05 Å². The summed E-state index contributed by atoms with van der Waals surface area (Å²) in [4.78, 5) is 2.05. The second-order valence-corrected chi connectivity index (χ2v) is 7.27. The highest BCUT2D eigenvalue weighted by Gasteiger charge is 2.45. The van der Waals surface area contributed by atoms with E-state index in [1.165, 1.54) is 12.0 Å². The minimum Gasteiger partial charge on any atom is -0.487 e. The second-order valence-electron chi connectivity index (χ2n) is 7.27. The van der Waals surface area contributed by atoms with Crippen molar-refractivity contribution in [3.63, 3.8) is 0 Å². The van der Waals surface area contributed by atoms with Crippen LogP contribution in [-0.4, -0.2) is 30.9 Å². The van der Waals surface area contributed by atoms with E-state index in [-0.39, 0.29) is 18.2 Å². The quantitative estimate of drug-likeness (QED) is 0.866. The molecule has 0 saturated heterocycles. The Labute approximate surface area is 149 Å². The minimum atomic E-state index is 0.0350. The van der Waals surface area contributed by atoms with Gasteiger partial charge in [0, 0.05) is 37.0 Å². The molecule has 1 spiro atoms. The maximum Gasteiger partial charge on any atom is 0.125 e. The fraction of sp³-hybridized carbons (Fsp3) is 0.429. The number of nitrogens with zero attached hydrogens (tertiary/aromatic N) is 1. The van der Waals surface area contributed by atoms with Gasteiger partial charge in [-0.05, 0) is 49.6 Å². The molecule has 2 aliphatic rings. The predicted molar refractivity (Wildman–Crippen MR) is 101 cm³/mol. The molecule has 4 nitrogen and oxygen atoms in total. The Morgan fingerprint density at radius 3 is 2.60 bits per heavy atom. The van der Waals surface area contributed by atoms with Crippen molar-refractivity contribution in [3.8, 4) is 5.75 Å². The third kappa shape index (κ3) is 3.19. The van der Waals surface area contributed by atoms with Crippen LogP contribution in [-0.2, 0) is 0 Å². The first-order valence-corrected chi connectivity index (χ1v) is 9.16. The lowest BCUT2D eigenvalue weighted by molar-refractivity contribution is -0.0309. The molecule has 4 rings (SSSR count). The standard InChI is InChI=1S/C21H26N2O2/c1-23(13-14-24)17-9-7-16(8-10-17)22-19-15-21(11-4-12-21)25-20-6-3-2-5-18(19)20/h2-3,5-10,19,22,24H,4,11-15H2,1H3. The van der Waals surface area contributed by atoms with E-state index < -0.39 is 0 Å². The topological polar surface area (TPSA) is 44.7 Å². The molecule has 25 heavy (non-hydrogen) atoms. The Morgan fingerprint density at radius 1 is 1.16 bits per heavy atom. The Morgan fingerprint density at radius 2 is 1.92 bits per heavy atom. The Kier molecular flexibility index (Phi) is 4.30. The number of nitrogens with one attached hydrogen (secondary N) is 1. The molecule has 132 valence electrons. The zero-order chi connectivity index (χ0) is 17.3. The summed E-state index contributed by atoms with van der Waals surface area (Å²) < 4.78 is 6.33. The van der Waals surface area contributed by atoms with Crippen molar-refractivity contribution in [2.45, 2.75) is 37.3 Å². The summed E-state index contributed by atoms with van der Waals surface area (Å²) in [7, 11) is 1.99. The largest absolute Gasteiger partial charge is 0.487 e. The predicted octanol–water partition coefficient (Wildman–Crippen LogP) is 3.97. The van der Waals surface area contributed by atoms with E-state index in [9.17, 15) is 0 Å². The maximum absolute atomic E-state index is 9.07. The molecule has 2 aromatic rings. The number of para-hydroxylation sites is 1. The summed E-state index contributed by atoms with van der Waals surface area (Å²) in [6.07, 6.45) is 4.60. The van der Waals surface area contributed by atoms with Crippen LogP contribution in [0, 0.1) is 0 Å². The van der Waals surface area contributed by atoms with Crippen LogP contribution in [0.3, 0.4) is 0 Å². The molecule has 0 amide bonds. The first-order chi connectivity index (χ1) is 12.2. The lowest BCUT2D eigenvalue weighted by Crippen LogP contribution is -2.48. The number of rotatable bonds is 5. The molecule has 1 unspecified atom stereocenters. The zero-order valence-corrected chi connectivity index (χ0v) is 14.7. The van der Waals surface area contributed by atoms with E-state index in [4.69, 9.17) is 9.84 Å². The number of likely N-dealkylation sites (N-methyl/N-ethyl adjacent to an activating group) is 1. The van der Waals surface area contributed by atoms with Crippen molar-refractivity contribution in [1.82, 2.24) is 0 Å². The van der Waals surface area contributed by atoms with Crippen LogP contribution in [0.2, 0.25) is 0 Å². The van der Waals surface area contributed by atoms with Crippen LogP contribution >= 0.6 is 0 Å². The van der Waals surface area contributed by atoms with Crippen molar-refractivity contribution in [1.29, 1.82) is 0 Å². The molecule has 0 aromatic heterocycles. The number of anilines is 2. The van der Waals surface area contributed by atoms with Gasteiger partial charge in [-0.3, -0.25) is 0 Å². The number of fused-ring (bicyclic) bond motifs is 1. The fourth-order valence-electron chi connectivity index (χ4n) is 3.92. The average Bonchev–Trinajstić information content (AvgIpc) is 2.61. The highest BCUT2D eigenvalue weighted by Crippen LogP contribution is 2.49. The van der Waals surface area contributed by atoms with E-state index in [0.717, 1.165) is 36.4 Å². The van der Waals surface area contributed by atoms with Gasteiger partial charge in [-0.1, -0.05) is 18.2 Å². The first-order valence-electron chi connectivity index (χ1n) is 9.16. The van der Waals surface area contributed by atoms with Crippen LogP contribution < -0.4 is 15.0 Å². The number of aliphatic hydroxyl groups excluding tert-OH is 1. The lowest BCUT2D eigenvalue weighted by Gasteiger charge is -2.48. The molecule has 1 aliphatic carbocycles. The molecule has 1 atom stereocenters. The summed E-state index contributed by atoms with van der Waals surface area (Å²) in [5, 5.41) is 12.8. The van der Waals surface area contributed by atoms with Crippen molar-refractivity contribution in [2.24, 2.45) is 0 Å². The Balaban J connectivity index is 1.53.